The number of allylic oxidation sites excluding steroid dienone is 14. The topological polar surface area (TPSA) is 108 Å². The minimum atomic E-state index is -4.40. The highest BCUT2D eigenvalue weighted by atomic mass is 31.2. The Balaban J connectivity index is 4.08. The van der Waals surface area contributed by atoms with Gasteiger partial charge in [-0.25, -0.2) is 4.57 Å². The molecule has 476 valence electrons. The predicted octanol–water partition coefficient (Wildman–Crippen LogP) is 22.2. The minimum absolute atomic E-state index is 0.0248. The second-order valence-electron chi connectivity index (χ2n) is 24.2. The molecule has 0 aromatic heterocycles. The first kappa shape index (κ1) is 79.2. The minimum Gasteiger partial charge on any atom is -0.462 e. The fraction of sp³-hybridized carbons (Fsp3) is 0.778. The number of hydrogen-bond donors (Lipinski definition) is 1. The number of esters is 2. The third kappa shape index (κ3) is 66.3. The summed E-state index contributed by atoms with van der Waals surface area (Å²) in [6.45, 7) is 4.33. The van der Waals surface area contributed by atoms with Crippen LogP contribution >= 0.6 is 7.82 Å². The van der Waals surface area contributed by atoms with Crippen LogP contribution in [0.2, 0.25) is 0 Å². The molecule has 0 aliphatic rings. The molecule has 0 aromatic rings. The Bertz CT molecular complexity index is 1660. The number of phosphoric acid groups is 1. The summed E-state index contributed by atoms with van der Waals surface area (Å²) in [7, 11) is 1.46. The molecular formula is C72H131NO8P+. The van der Waals surface area contributed by atoms with E-state index >= 15 is 0 Å². The van der Waals surface area contributed by atoms with Crippen molar-refractivity contribution in [1.82, 2.24) is 0 Å². The molecule has 2 unspecified atom stereocenters. The molecule has 0 rings (SSSR count). The van der Waals surface area contributed by atoms with E-state index in [0.717, 1.165) is 96.3 Å². The van der Waals surface area contributed by atoms with E-state index in [4.69, 9.17) is 18.5 Å². The van der Waals surface area contributed by atoms with Crippen molar-refractivity contribution >= 4 is 19.8 Å². The van der Waals surface area contributed by atoms with E-state index in [1.165, 1.54) is 180 Å². The lowest BCUT2D eigenvalue weighted by Gasteiger charge is -2.24. The summed E-state index contributed by atoms with van der Waals surface area (Å²) in [4.78, 5) is 35.8. The van der Waals surface area contributed by atoms with Crippen LogP contribution in [0.5, 0.6) is 0 Å². The normalized spacial score (nSPS) is 13.7. The van der Waals surface area contributed by atoms with Crippen molar-refractivity contribution in [2.24, 2.45) is 0 Å². The number of carbonyl (C=O) groups is 2. The summed E-state index contributed by atoms with van der Waals surface area (Å²) >= 11 is 0. The van der Waals surface area contributed by atoms with Gasteiger partial charge in [-0.2, -0.15) is 0 Å². The summed E-state index contributed by atoms with van der Waals surface area (Å²) in [6.07, 6.45) is 85.5. The highest BCUT2D eigenvalue weighted by Crippen LogP contribution is 2.43. The molecule has 0 bridgehead atoms. The van der Waals surface area contributed by atoms with Crippen molar-refractivity contribution in [3.05, 3.63) is 85.1 Å². The zero-order valence-corrected chi connectivity index (χ0v) is 55.1. The highest BCUT2D eigenvalue weighted by molar-refractivity contribution is 7.47. The number of nitrogens with zero attached hydrogens (tertiary/aromatic N) is 1. The Morgan fingerprint density at radius 2 is 0.695 bits per heavy atom. The van der Waals surface area contributed by atoms with E-state index in [1.807, 2.05) is 21.1 Å². The number of rotatable bonds is 63. The molecule has 1 N–H and O–H groups in total. The molecule has 0 saturated heterocycles. The second kappa shape index (κ2) is 62.7. The lowest BCUT2D eigenvalue weighted by molar-refractivity contribution is -0.870. The third-order valence-corrected chi connectivity index (χ3v) is 15.9. The van der Waals surface area contributed by atoms with E-state index in [9.17, 15) is 19.0 Å². The van der Waals surface area contributed by atoms with Gasteiger partial charge in [-0.15, -0.1) is 0 Å². The molecule has 0 fully saturated rings. The van der Waals surface area contributed by atoms with Gasteiger partial charge < -0.3 is 18.9 Å². The molecule has 0 aliphatic heterocycles. The van der Waals surface area contributed by atoms with Gasteiger partial charge in [-0.05, 0) is 70.6 Å². The van der Waals surface area contributed by atoms with Gasteiger partial charge in [0.15, 0.2) is 6.10 Å². The molecular weight excluding hydrogens is 1040 g/mol. The van der Waals surface area contributed by atoms with Crippen molar-refractivity contribution in [3.63, 3.8) is 0 Å². The van der Waals surface area contributed by atoms with Crippen LogP contribution < -0.4 is 0 Å². The van der Waals surface area contributed by atoms with Crippen LogP contribution in [0.15, 0.2) is 85.1 Å². The summed E-state index contributed by atoms with van der Waals surface area (Å²) in [5, 5.41) is 0. The molecule has 9 nitrogen and oxygen atoms in total. The largest absolute Gasteiger partial charge is 0.472 e. The molecule has 82 heavy (non-hydrogen) atoms. The van der Waals surface area contributed by atoms with Crippen LogP contribution in [-0.4, -0.2) is 74.9 Å². The van der Waals surface area contributed by atoms with E-state index in [2.05, 4.69) is 98.9 Å². The summed E-state index contributed by atoms with van der Waals surface area (Å²) in [6, 6.07) is 0. The SMILES string of the molecule is CC/C=C\C/C=C\C/C=C\C/C=C\C/C=C\C/C=C\C/C=C\CCCCCCCC(=O)OC(COC(=O)CCCCCCCCCCCCCCCCCCCCCCCCCCCCCCCCC)COP(=O)(O)OCC[N+](C)(C)C. The van der Waals surface area contributed by atoms with Gasteiger partial charge in [0, 0.05) is 12.8 Å². The number of ether oxygens (including phenoxy) is 2. The zero-order valence-electron chi connectivity index (χ0n) is 54.2. The Morgan fingerprint density at radius 3 is 1.04 bits per heavy atom. The first-order valence-electron chi connectivity index (χ1n) is 34.3. The Labute approximate surface area is 507 Å². The Hall–Kier alpha value is -2.81. The number of phosphoric ester groups is 1. The van der Waals surface area contributed by atoms with Crippen molar-refractivity contribution < 1.29 is 42.1 Å². The molecule has 0 radical (unpaired) electrons. The summed E-state index contributed by atoms with van der Waals surface area (Å²) in [5.74, 6) is -0.812. The molecule has 2 atom stereocenters. The second-order valence-corrected chi connectivity index (χ2v) is 25.6. The average Bonchev–Trinajstić information content (AvgIpc) is 3.46. The number of unbranched alkanes of at least 4 members (excludes halogenated alkanes) is 35. The van der Waals surface area contributed by atoms with Crippen molar-refractivity contribution in [3.8, 4) is 0 Å². The molecule has 0 heterocycles. The maximum absolute atomic E-state index is 12.9. The quantitative estimate of drug-likeness (QED) is 0.0211. The monoisotopic (exact) mass is 1170 g/mol. The third-order valence-electron chi connectivity index (χ3n) is 14.9. The molecule has 0 aromatic carbocycles. The van der Waals surface area contributed by atoms with Crippen LogP contribution in [0.25, 0.3) is 0 Å². The van der Waals surface area contributed by atoms with E-state index in [-0.39, 0.29) is 32.0 Å². The van der Waals surface area contributed by atoms with Gasteiger partial charge in [0.1, 0.15) is 19.8 Å². The lowest BCUT2D eigenvalue weighted by atomic mass is 10.0. The first-order valence-corrected chi connectivity index (χ1v) is 35.8. The van der Waals surface area contributed by atoms with Crippen LogP contribution in [0, 0.1) is 0 Å². The predicted molar refractivity (Wildman–Crippen MR) is 353 cm³/mol. The van der Waals surface area contributed by atoms with Gasteiger partial charge >= 0.3 is 19.8 Å². The zero-order chi connectivity index (χ0) is 59.8. The highest BCUT2D eigenvalue weighted by Gasteiger charge is 2.27. The first-order chi connectivity index (χ1) is 40.0. The number of quaternary nitrogens is 1. The van der Waals surface area contributed by atoms with Gasteiger partial charge in [0.05, 0.1) is 27.7 Å². The van der Waals surface area contributed by atoms with Crippen molar-refractivity contribution in [1.29, 1.82) is 0 Å². The lowest BCUT2D eigenvalue weighted by Crippen LogP contribution is -2.37. The molecule has 10 heteroatoms. The van der Waals surface area contributed by atoms with E-state index in [1.54, 1.807) is 0 Å². The Morgan fingerprint density at radius 1 is 0.390 bits per heavy atom. The van der Waals surface area contributed by atoms with Gasteiger partial charge in [-0.1, -0.05) is 311 Å². The molecule has 0 amide bonds. The average molecular weight is 1170 g/mol. The van der Waals surface area contributed by atoms with Gasteiger partial charge in [0.2, 0.25) is 0 Å². The van der Waals surface area contributed by atoms with Gasteiger partial charge in [0.25, 0.3) is 0 Å². The fourth-order valence-electron chi connectivity index (χ4n) is 9.71. The maximum Gasteiger partial charge on any atom is 0.472 e. The van der Waals surface area contributed by atoms with Crippen LogP contribution in [0.1, 0.15) is 309 Å². The molecule has 0 saturated carbocycles. The fourth-order valence-corrected chi connectivity index (χ4v) is 10.4. The van der Waals surface area contributed by atoms with Crippen LogP contribution in [0.4, 0.5) is 0 Å². The smallest absolute Gasteiger partial charge is 0.462 e. The molecule has 0 aliphatic carbocycles. The van der Waals surface area contributed by atoms with Crippen LogP contribution in [-0.2, 0) is 32.7 Å². The van der Waals surface area contributed by atoms with Gasteiger partial charge in [-0.3, -0.25) is 18.6 Å². The summed E-state index contributed by atoms with van der Waals surface area (Å²) in [5.41, 5.74) is 0. The van der Waals surface area contributed by atoms with E-state index < -0.39 is 26.5 Å². The Kier molecular flexibility index (Phi) is 60.6. The number of carbonyl (C=O) groups excluding carboxylic acids is 2. The maximum atomic E-state index is 12.9. The molecule has 0 spiro atoms. The van der Waals surface area contributed by atoms with Crippen molar-refractivity contribution in [2.45, 2.75) is 315 Å². The van der Waals surface area contributed by atoms with Crippen molar-refractivity contribution in [2.75, 3.05) is 47.5 Å². The summed E-state index contributed by atoms with van der Waals surface area (Å²) < 4.78 is 34.7. The van der Waals surface area contributed by atoms with Crippen LogP contribution in [0.3, 0.4) is 0 Å². The number of likely N-dealkylation sites (N-methyl/N-ethyl adjacent to an activating group) is 1. The number of hydrogen-bond acceptors (Lipinski definition) is 7. The standard InChI is InChI=1S/C72H130NO8P/c1-6-8-10-12-14-16-18-20-22-24-26-28-30-32-34-35-36-37-39-40-42-44-46-48-50-52-54-56-58-60-62-64-71(74)78-68-70(69-80-82(76,77)79-67-66-73(3,4)5)81-72(75)65-63-61-59-57-55-53-51-49-47-45-43-41-38-33-31-29-27-25-23-21-19-17-15-13-11-9-7-2/h9,11,15,17,21,23,27,29,33,38,43,45,49,51,70H,6-8,10,12-14,16,18-20,22,24-26,28,30-32,34-37,39-42,44,46-48,50,52-69H2,1-5H3/p+1/b11-9-,17-15-,23-21-,29-27-,38-33-,45-43-,51-49-. The van der Waals surface area contributed by atoms with E-state index in [0.29, 0.717) is 17.4 Å².